The summed E-state index contributed by atoms with van der Waals surface area (Å²) in [6.45, 7) is 8.02. The lowest BCUT2D eigenvalue weighted by atomic mass is 10.2. The first-order valence-electron chi connectivity index (χ1n) is 8.85. The summed E-state index contributed by atoms with van der Waals surface area (Å²) in [4.78, 5) is 30.3. The van der Waals surface area contributed by atoms with Crippen LogP contribution < -0.4 is 20.3 Å². The highest BCUT2D eigenvalue weighted by Crippen LogP contribution is 2.26. The topological polar surface area (TPSA) is 84.2 Å². The molecular formula is C18H27N4O3S+. The van der Waals surface area contributed by atoms with Gasteiger partial charge >= 0.3 is 0 Å². The highest BCUT2D eigenvalue weighted by Gasteiger charge is 2.32. The summed E-state index contributed by atoms with van der Waals surface area (Å²) in [5.74, 6) is 0.195. The fourth-order valence-electron chi connectivity index (χ4n) is 2.65. The van der Waals surface area contributed by atoms with E-state index in [0.29, 0.717) is 23.1 Å². The number of rotatable bonds is 9. The van der Waals surface area contributed by atoms with Crippen molar-refractivity contribution in [1.82, 2.24) is 5.32 Å². The SMILES string of the molecule is CC[NH+](CC)CCN=C1NC(=O)[C@H](CC(=O)Nc2ccccc2OC)S1. The third kappa shape index (κ3) is 5.74. The van der Waals surface area contributed by atoms with Gasteiger partial charge in [0.25, 0.3) is 0 Å². The van der Waals surface area contributed by atoms with Gasteiger partial charge in [-0.15, -0.1) is 0 Å². The molecule has 2 rings (SSSR count). The number of carbonyl (C=O) groups excluding carboxylic acids is 2. The average molecular weight is 380 g/mol. The molecule has 1 atom stereocenters. The molecule has 1 heterocycles. The number of quaternary nitrogens is 1. The summed E-state index contributed by atoms with van der Waals surface area (Å²) in [5.41, 5.74) is 0.597. The Hall–Kier alpha value is -2.06. The standard InChI is InChI=1S/C18H26N4O3S/c1-4-22(5-2)11-10-19-18-21-17(24)15(26-18)12-16(23)20-13-8-6-7-9-14(13)25-3/h6-9,15H,4-5,10-12H2,1-3H3,(H,20,23)(H,19,21,24)/p+1/t15-/m0/s1. The van der Waals surface area contributed by atoms with Crippen LogP contribution in [0.2, 0.25) is 0 Å². The number of para-hydroxylation sites is 2. The van der Waals surface area contributed by atoms with Crippen LogP contribution in [0.1, 0.15) is 20.3 Å². The number of carbonyl (C=O) groups is 2. The zero-order valence-electron chi connectivity index (χ0n) is 15.5. The number of amides is 2. The van der Waals surface area contributed by atoms with Crippen molar-refractivity contribution in [3.05, 3.63) is 24.3 Å². The van der Waals surface area contributed by atoms with E-state index in [4.69, 9.17) is 4.74 Å². The molecule has 2 amide bonds. The monoisotopic (exact) mass is 379 g/mol. The van der Waals surface area contributed by atoms with Gasteiger partial charge in [-0.3, -0.25) is 14.6 Å². The fraction of sp³-hybridized carbons (Fsp3) is 0.500. The third-order valence-electron chi connectivity index (χ3n) is 4.25. The Morgan fingerprint density at radius 2 is 2.08 bits per heavy atom. The van der Waals surface area contributed by atoms with Gasteiger partial charge < -0.3 is 20.3 Å². The molecule has 7 nitrogen and oxygen atoms in total. The summed E-state index contributed by atoms with van der Waals surface area (Å²) in [5, 5.41) is 5.72. The first-order chi connectivity index (χ1) is 12.6. The molecule has 142 valence electrons. The lowest BCUT2D eigenvalue weighted by molar-refractivity contribution is -0.894. The number of anilines is 1. The maximum atomic E-state index is 12.3. The van der Waals surface area contributed by atoms with E-state index in [9.17, 15) is 9.59 Å². The molecule has 1 aromatic carbocycles. The van der Waals surface area contributed by atoms with E-state index >= 15 is 0 Å². The maximum absolute atomic E-state index is 12.3. The number of amidine groups is 1. The van der Waals surface area contributed by atoms with Crippen molar-refractivity contribution >= 4 is 34.4 Å². The molecule has 1 aromatic rings. The summed E-state index contributed by atoms with van der Waals surface area (Å²) < 4.78 is 5.22. The van der Waals surface area contributed by atoms with Crippen LogP contribution in [0.3, 0.4) is 0 Å². The van der Waals surface area contributed by atoms with Gasteiger partial charge in [0, 0.05) is 6.42 Å². The van der Waals surface area contributed by atoms with Crippen LogP contribution in [0.15, 0.2) is 29.3 Å². The normalized spacial score (nSPS) is 18.2. The van der Waals surface area contributed by atoms with E-state index in [1.165, 1.54) is 16.7 Å². The summed E-state index contributed by atoms with van der Waals surface area (Å²) in [6.07, 6.45) is 0.0921. The molecule has 3 N–H and O–H groups in total. The summed E-state index contributed by atoms with van der Waals surface area (Å²) in [6, 6.07) is 7.19. The van der Waals surface area contributed by atoms with Gasteiger partial charge in [-0.05, 0) is 26.0 Å². The van der Waals surface area contributed by atoms with Crippen LogP contribution in [0, 0.1) is 0 Å². The Labute approximate surface area is 158 Å². The molecule has 8 heteroatoms. The molecule has 1 aliphatic rings. The highest BCUT2D eigenvalue weighted by atomic mass is 32.2. The van der Waals surface area contributed by atoms with E-state index in [1.807, 2.05) is 12.1 Å². The second-order valence-electron chi connectivity index (χ2n) is 5.94. The molecule has 0 aromatic heterocycles. The van der Waals surface area contributed by atoms with Gasteiger partial charge in [-0.1, -0.05) is 23.9 Å². The van der Waals surface area contributed by atoms with Crippen molar-refractivity contribution in [1.29, 1.82) is 0 Å². The van der Waals surface area contributed by atoms with E-state index < -0.39 is 5.25 Å². The lowest BCUT2D eigenvalue weighted by Crippen LogP contribution is -3.11. The largest absolute Gasteiger partial charge is 0.495 e. The lowest BCUT2D eigenvalue weighted by Gasteiger charge is -2.13. The number of hydrogen-bond acceptors (Lipinski definition) is 5. The van der Waals surface area contributed by atoms with Gasteiger partial charge in [0.2, 0.25) is 11.8 Å². The van der Waals surface area contributed by atoms with Crippen LogP contribution in [-0.4, -0.2) is 55.5 Å². The van der Waals surface area contributed by atoms with Crippen LogP contribution in [0.4, 0.5) is 5.69 Å². The molecule has 1 saturated heterocycles. The number of methoxy groups -OCH3 is 1. The zero-order valence-corrected chi connectivity index (χ0v) is 16.3. The van der Waals surface area contributed by atoms with Crippen molar-refractivity contribution in [2.24, 2.45) is 4.99 Å². The minimum Gasteiger partial charge on any atom is -0.495 e. The van der Waals surface area contributed by atoms with Crippen LogP contribution in [0.5, 0.6) is 5.75 Å². The molecule has 1 aliphatic heterocycles. The number of thioether (sulfide) groups is 1. The average Bonchev–Trinajstić information content (AvgIpc) is 2.98. The molecule has 0 spiro atoms. The van der Waals surface area contributed by atoms with Crippen molar-refractivity contribution in [2.45, 2.75) is 25.5 Å². The van der Waals surface area contributed by atoms with E-state index in [2.05, 4.69) is 29.5 Å². The second kappa shape index (κ2) is 10.2. The highest BCUT2D eigenvalue weighted by molar-refractivity contribution is 8.15. The minimum absolute atomic E-state index is 0.0921. The fourth-order valence-corrected chi connectivity index (χ4v) is 3.65. The Balaban J connectivity index is 1.86. The van der Waals surface area contributed by atoms with Crippen LogP contribution >= 0.6 is 11.8 Å². The van der Waals surface area contributed by atoms with Gasteiger partial charge in [0.1, 0.15) is 11.0 Å². The van der Waals surface area contributed by atoms with E-state index in [-0.39, 0.29) is 18.2 Å². The van der Waals surface area contributed by atoms with Crippen molar-refractivity contribution in [2.75, 3.05) is 38.6 Å². The minimum atomic E-state index is -0.454. The van der Waals surface area contributed by atoms with Crippen molar-refractivity contribution in [3.63, 3.8) is 0 Å². The maximum Gasteiger partial charge on any atom is 0.240 e. The Morgan fingerprint density at radius 1 is 1.35 bits per heavy atom. The summed E-state index contributed by atoms with van der Waals surface area (Å²) in [7, 11) is 1.55. The predicted molar refractivity (Wildman–Crippen MR) is 105 cm³/mol. The quantitative estimate of drug-likeness (QED) is 0.585. The second-order valence-corrected chi connectivity index (χ2v) is 7.13. The first-order valence-corrected chi connectivity index (χ1v) is 9.73. The van der Waals surface area contributed by atoms with E-state index in [1.54, 1.807) is 19.2 Å². The Bertz CT molecular complexity index is 662. The van der Waals surface area contributed by atoms with Crippen LogP contribution in [-0.2, 0) is 9.59 Å². The van der Waals surface area contributed by atoms with Gasteiger partial charge in [-0.2, -0.15) is 0 Å². The number of ether oxygens (including phenoxy) is 1. The molecule has 0 saturated carbocycles. The number of nitrogens with zero attached hydrogens (tertiary/aromatic N) is 1. The third-order valence-corrected chi connectivity index (χ3v) is 5.37. The zero-order chi connectivity index (χ0) is 18.9. The number of nitrogens with one attached hydrogen (secondary N) is 3. The smallest absolute Gasteiger partial charge is 0.240 e. The van der Waals surface area contributed by atoms with E-state index in [0.717, 1.165) is 19.6 Å². The van der Waals surface area contributed by atoms with Crippen molar-refractivity contribution < 1.29 is 19.2 Å². The van der Waals surface area contributed by atoms with Gasteiger partial charge in [0.05, 0.1) is 39.0 Å². The molecule has 0 radical (unpaired) electrons. The Morgan fingerprint density at radius 3 is 2.77 bits per heavy atom. The molecule has 26 heavy (non-hydrogen) atoms. The molecular weight excluding hydrogens is 352 g/mol. The summed E-state index contributed by atoms with van der Waals surface area (Å²) >= 11 is 1.32. The number of aliphatic imine (C=N–C) groups is 1. The van der Waals surface area contributed by atoms with Gasteiger partial charge in [-0.25, -0.2) is 0 Å². The first kappa shape index (κ1) is 20.3. The molecule has 0 bridgehead atoms. The Kier molecular flexibility index (Phi) is 7.93. The number of hydrogen-bond donors (Lipinski definition) is 3. The van der Waals surface area contributed by atoms with Crippen molar-refractivity contribution in [3.8, 4) is 5.75 Å². The number of benzene rings is 1. The van der Waals surface area contributed by atoms with Crippen LogP contribution in [0.25, 0.3) is 0 Å². The predicted octanol–water partition coefficient (Wildman–Crippen LogP) is 0.536. The number of likely N-dealkylation sites (N-methyl/N-ethyl adjacent to an activating group) is 1. The molecule has 1 fully saturated rings. The van der Waals surface area contributed by atoms with Gasteiger partial charge in [0.15, 0.2) is 5.17 Å². The molecule has 0 unspecified atom stereocenters. The molecule has 0 aliphatic carbocycles.